The summed E-state index contributed by atoms with van der Waals surface area (Å²) in [6.45, 7) is 6.81. The molecule has 0 spiro atoms. The van der Waals surface area contributed by atoms with Gasteiger partial charge in [-0.1, -0.05) is 32.9 Å². The number of thiazole rings is 1. The molecule has 1 N–H and O–H groups in total. The first-order valence-corrected chi connectivity index (χ1v) is 8.53. The van der Waals surface area contributed by atoms with Crippen LogP contribution in [-0.2, 0) is 12.0 Å². The summed E-state index contributed by atoms with van der Waals surface area (Å²) in [6, 6.07) is 7.23. The van der Waals surface area contributed by atoms with Gasteiger partial charge in [-0.3, -0.25) is 4.79 Å². The zero-order valence-corrected chi connectivity index (χ0v) is 14.7. The van der Waals surface area contributed by atoms with Gasteiger partial charge in [0.1, 0.15) is 5.01 Å². The van der Waals surface area contributed by atoms with Crippen LogP contribution in [0.4, 0.5) is 0 Å². The van der Waals surface area contributed by atoms with Crippen LogP contribution in [0.25, 0.3) is 11.3 Å². The van der Waals surface area contributed by atoms with Gasteiger partial charge in [0.2, 0.25) is 0 Å². The van der Waals surface area contributed by atoms with E-state index >= 15 is 0 Å². The van der Waals surface area contributed by atoms with Crippen molar-refractivity contribution in [3.8, 4) is 11.3 Å². The summed E-state index contributed by atoms with van der Waals surface area (Å²) in [5, 5.41) is 5.87. The SMILES string of the molecule is CC(C)(C)c1csc(CNC(=O)c2ccc(-c3cnco3)cc2)n1. The first kappa shape index (κ1) is 16.4. The van der Waals surface area contributed by atoms with E-state index in [0.29, 0.717) is 17.9 Å². The van der Waals surface area contributed by atoms with Gasteiger partial charge in [-0.15, -0.1) is 11.3 Å². The molecule has 3 rings (SSSR count). The van der Waals surface area contributed by atoms with Crippen molar-refractivity contribution in [3.05, 3.63) is 58.5 Å². The number of nitrogens with one attached hydrogen (secondary N) is 1. The molecule has 0 radical (unpaired) electrons. The number of aromatic nitrogens is 2. The highest BCUT2D eigenvalue weighted by molar-refractivity contribution is 7.09. The lowest BCUT2D eigenvalue weighted by Crippen LogP contribution is -2.22. The third-order valence-electron chi connectivity index (χ3n) is 3.58. The van der Waals surface area contributed by atoms with Gasteiger partial charge in [0, 0.05) is 21.9 Å². The molecule has 0 aliphatic heterocycles. The van der Waals surface area contributed by atoms with E-state index in [4.69, 9.17) is 4.42 Å². The number of hydrogen-bond acceptors (Lipinski definition) is 5. The second-order valence-corrected chi connectivity index (χ2v) is 7.44. The minimum atomic E-state index is -0.119. The van der Waals surface area contributed by atoms with Crippen molar-refractivity contribution >= 4 is 17.2 Å². The van der Waals surface area contributed by atoms with Gasteiger partial charge >= 0.3 is 0 Å². The molecular weight excluding hydrogens is 322 g/mol. The molecule has 24 heavy (non-hydrogen) atoms. The highest BCUT2D eigenvalue weighted by atomic mass is 32.1. The maximum atomic E-state index is 12.2. The van der Waals surface area contributed by atoms with Crippen molar-refractivity contribution in [2.24, 2.45) is 0 Å². The Labute approximate surface area is 144 Å². The predicted molar refractivity (Wildman–Crippen MR) is 93.9 cm³/mol. The van der Waals surface area contributed by atoms with Gasteiger partial charge < -0.3 is 9.73 Å². The molecule has 0 bridgehead atoms. The van der Waals surface area contributed by atoms with Gasteiger partial charge in [-0.25, -0.2) is 9.97 Å². The Kier molecular flexibility index (Phi) is 4.49. The van der Waals surface area contributed by atoms with E-state index in [1.54, 1.807) is 29.7 Å². The Bertz CT molecular complexity index is 815. The number of amides is 1. The second kappa shape index (κ2) is 6.57. The molecule has 0 aliphatic carbocycles. The van der Waals surface area contributed by atoms with Crippen molar-refractivity contribution in [2.45, 2.75) is 32.7 Å². The third kappa shape index (κ3) is 3.71. The number of oxazole rings is 1. The van der Waals surface area contributed by atoms with Crippen LogP contribution in [0, 0.1) is 0 Å². The second-order valence-electron chi connectivity index (χ2n) is 6.50. The Balaban J connectivity index is 1.62. The Morgan fingerprint density at radius 3 is 2.58 bits per heavy atom. The molecule has 6 heteroatoms. The van der Waals surface area contributed by atoms with Crippen LogP contribution in [0.1, 0.15) is 41.8 Å². The Morgan fingerprint density at radius 1 is 1.25 bits per heavy atom. The molecule has 5 nitrogen and oxygen atoms in total. The Morgan fingerprint density at radius 2 is 2.00 bits per heavy atom. The zero-order chi connectivity index (χ0) is 17.2. The number of nitrogens with zero attached hydrogens (tertiary/aromatic N) is 2. The van der Waals surface area contributed by atoms with Crippen molar-refractivity contribution < 1.29 is 9.21 Å². The minimum absolute atomic E-state index is 0.0231. The van der Waals surface area contributed by atoms with Crippen LogP contribution < -0.4 is 5.32 Å². The van der Waals surface area contributed by atoms with Gasteiger partial charge in [-0.2, -0.15) is 0 Å². The maximum Gasteiger partial charge on any atom is 0.251 e. The van der Waals surface area contributed by atoms with Crippen molar-refractivity contribution in [3.63, 3.8) is 0 Å². The number of rotatable bonds is 4. The van der Waals surface area contributed by atoms with Crippen LogP contribution >= 0.6 is 11.3 Å². The summed E-state index contributed by atoms with van der Waals surface area (Å²) in [4.78, 5) is 20.7. The predicted octanol–water partition coefficient (Wildman–Crippen LogP) is 4.03. The molecule has 1 aromatic carbocycles. The lowest BCUT2D eigenvalue weighted by atomic mass is 9.93. The number of hydrogen-bond donors (Lipinski definition) is 1. The van der Waals surface area contributed by atoms with E-state index < -0.39 is 0 Å². The molecule has 2 aromatic heterocycles. The van der Waals surface area contributed by atoms with Gasteiger partial charge in [0.15, 0.2) is 12.2 Å². The van der Waals surface area contributed by atoms with Crippen LogP contribution in [0.2, 0.25) is 0 Å². The molecule has 3 aromatic rings. The van der Waals surface area contributed by atoms with Crippen molar-refractivity contribution in [2.75, 3.05) is 0 Å². The molecule has 1 amide bonds. The molecule has 0 atom stereocenters. The monoisotopic (exact) mass is 341 g/mol. The quantitative estimate of drug-likeness (QED) is 0.778. The summed E-state index contributed by atoms with van der Waals surface area (Å²) in [6.07, 6.45) is 3.03. The zero-order valence-electron chi connectivity index (χ0n) is 13.9. The normalized spacial score (nSPS) is 11.5. The third-order valence-corrected chi connectivity index (χ3v) is 4.43. The minimum Gasteiger partial charge on any atom is -0.444 e. The average molecular weight is 341 g/mol. The highest BCUT2D eigenvalue weighted by Gasteiger charge is 2.17. The molecular formula is C18H19N3O2S. The summed E-state index contributed by atoms with van der Waals surface area (Å²) < 4.78 is 5.24. The first-order valence-electron chi connectivity index (χ1n) is 7.65. The largest absolute Gasteiger partial charge is 0.444 e. The van der Waals surface area contributed by atoms with E-state index in [1.165, 1.54) is 6.39 Å². The van der Waals surface area contributed by atoms with E-state index in [-0.39, 0.29) is 11.3 Å². The smallest absolute Gasteiger partial charge is 0.251 e. The van der Waals surface area contributed by atoms with Crippen LogP contribution in [0.15, 0.2) is 46.7 Å². The van der Waals surface area contributed by atoms with Crippen LogP contribution in [0.5, 0.6) is 0 Å². The average Bonchev–Trinajstić information content (AvgIpc) is 3.23. The molecule has 0 unspecified atom stereocenters. The van der Waals surface area contributed by atoms with Crippen LogP contribution in [-0.4, -0.2) is 15.9 Å². The fraction of sp³-hybridized carbons (Fsp3) is 0.278. The highest BCUT2D eigenvalue weighted by Crippen LogP contribution is 2.24. The number of benzene rings is 1. The van der Waals surface area contributed by atoms with Crippen molar-refractivity contribution in [1.29, 1.82) is 0 Å². The van der Waals surface area contributed by atoms with E-state index in [9.17, 15) is 4.79 Å². The molecule has 0 fully saturated rings. The topological polar surface area (TPSA) is 68.0 Å². The fourth-order valence-corrected chi connectivity index (χ4v) is 3.10. The lowest BCUT2D eigenvalue weighted by Gasteiger charge is -2.14. The first-order chi connectivity index (χ1) is 11.4. The Hall–Kier alpha value is -2.47. The van der Waals surface area contributed by atoms with Gasteiger partial charge in [0.05, 0.1) is 18.4 Å². The summed E-state index contributed by atoms with van der Waals surface area (Å²) in [7, 11) is 0. The molecule has 0 saturated carbocycles. The molecule has 124 valence electrons. The summed E-state index contributed by atoms with van der Waals surface area (Å²) in [5.74, 6) is 0.561. The molecule has 0 aliphatic rings. The molecule has 2 heterocycles. The van der Waals surface area contributed by atoms with Gasteiger partial charge in [0.25, 0.3) is 5.91 Å². The fourth-order valence-electron chi connectivity index (χ4n) is 2.14. The summed E-state index contributed by atoms with van der Waals surface area (Å²) in [5.41, 5.74) is 2.56. The summed E-state index contributed by atoms with van der Waals surface area (Å²) >= 11 is 1.57. The van der Waals surface area contributed by atoms with Crippen LogP contribution in [0.3, 0.4) is 0 Å². The maximum absolute atomic E-state index is 12.2. The standard InChI is InChI=1S/C18H19N3O2S/c1-18(2,3)15-10-24-16(21-15)9-20-17(22)13-6-4-12(5-7-13)14-8-19-11-23-14/h4-8,10-11H,9H2,1-3H3,(H,20,22). The van der Waals surface area contributed by atoms with E-state index in [2.05, 4.69) is 36.1 Å². The lowest BCUT2D eigenvalue weighted by molar-refractivity contribution is 0.0951. The van der Waals surface area contributed by atoms with E-state index in [1.807, 2.05) is 17.5 Å². The van der Waals surface area contributed by atoms with Gasteiger partial charge in [-0.05, 0) is 12.1 Å². The van der Waals surface area contributed by atoms with Crippen molar-refractivity contribution in [1.82, 2.24) is 15.3 Å². The van der Waals surface area contributed by atoms with E-state index in [0.717, 1.165) is 16.3 Å². The number of carbonyl (C=O) groups is 1. The number of carbonyl (C=O) groups excluding carboxylic acids is 1. The molecule has 0 saturated heterocycles.